The van der Waals surface area contributed by atoms with E-state index < -0.39 is 0 Å². The highest BCUT2D eigenvalue weighted by molar-refractivity contribution is 4.91. The lowest BCUT2D eigenvalue weighted by atomic mass is 9.87. The summed E-state index contributed by atoms with van der Waals surface area (Å²) in [5.41, 5.74) is 0. The lowest BCUT2D eigenvalue weighted by molar-refractivity contribution is 0.193. The molecule has 0 saturated heterocycles. The number of hydrogen-bond donors (Lipinski definition) is 0. The first-order chi connectivity index (χ1) is 4.93. The molecule has 0 bridgehead atoms. The molecule has 1 rings (SSSR count). The summed E-state index contributed by atoms with van der Waals surface area (Å²) in [5.74, 6) is 1.73. The fourth-order valence-corrected chi connectivity index (χ4v) is 1.55. The molecule has 1 saturated carbocycles. The summed E-state index contributed by atoms with van der Waals surface area (Å²) < 4.78 is 5.02. The average Bonchev–Trinajstić information content (AvgIpc) is 2.03. The first kappa shape index (κ1) is 8.06. The van der Waals surface area contributed by atoms with E-state index >= 15 is 0 Å². The Kier molecular flexibility index (Phi) is 3.81. The molecule has 0 aliphatic heterocycles. The fraction of sp³-hybridized carbons (Fsp3) is 0.889. The van der Waals surface area contributed by atoms with Crippen LogP contribution < -0.4 is 0 Å². The maximum absolute atomic E-state index is 5.02. The summed E-state index contributed by atoms with van der Waals surface area (Å²) in [6, 6.07) is 0. The summed E-state index contributed by atoms with van der Waals surface area (Å²) in [5, 5.41) is 0. The molecule has 1 heteroatoms. The summed E-state index contributed by atoms with van der Waals surface area (Å²) in [6.45, 7) is 0.926. The second-order valence-corrected chi connectivity index (χ2v) is 3.05. The highest BCUT2D eigenvalue weighted by Crippen LogP contribution is 2.27. The van der Waals surface area contributed by atoms with Gasteiger partial charge in [0, 0.05) is 13.7 Å². The third kappa shape index (κ3) is 2.70. The summed E-state index contributed by atoms with van der Waals surface area (Å²) in [7, 11) is 1.78. The molecule has 1 aliphatic carbocycles. The topological polar surface area (TPSA) is 9.23 Å². The molecule has 0 spiro atoms. The van der Waals surface area contributed by atoms with Crippen LogP contribution in [0.1, 0.15) is 38.5 Å². The van der Waals surface area contributed by atoms with Crippen LogP contribution in [0.15, 0.2) is 0 Å². The molecule has 0 unspecified atom stereocenters. The molecule has 59 valence electrons. The number of hydrogen-bond acceptors (Lipinski definition) is 1. The molecular weight excluding hydrogens is 124 g/mol. The van der Waals surface area contributed by atoms with Gasteiger partial charge in [-0.2, -0.15) is 0 Å². The third-order valence-electron chi connectivity index (χ3n) is 2.22. The van der Waals surface area contributed by atoms with Crippen LogP contribution in [0.2, 0.25) is 0 Å². The summed E-state index contributed by atoms with van der Waals surface area (Å²) >= 11 is 0. The molecule has 0 N–H and O–H groups in total. The van der Waals surface area contributed by atoms with Gasteiger partial charge in [-0.3, -0.25) is 0 Å². The minimum atomic E-state index is 0.926. The predicted octanol–water partition coefficient (Wildman–Crippen LogP) is 2.56. The van der Waals surface area contributed by atoms with Crippen molar-refractivity contribution in [3.05, 3.63) is 5.92 Å². The normalized spacial score (nSPS) is 21.3. The van der Waals surface area contributed by atoms with Crippen LogP contribution in [-0.2, 0) is 4.74 Å². The second kappa shape index (κ2) is 4.73. The molecule has 1 fully saturated rings. The van der Waals surface area contributed by atoms with Gasteiger partial charge in [0.15, 0.2) is 0 Å². The van der Waals surface area contributed by atoms with Crippen LogP contribution in [0, 0.1) is 5.92 Å². The van der Waals surface area contributed by atoms with Crippen molar-refractivity contribution in [2.75, 3.05) is 13.7 Å². The fourth-order valence-electron chi connectivity index (χ4n) is 1.55. The van der Waals surface area contributed by atoms with Crippen molar-refractivity contribution in [1.82, 2.24) is 0 Å². The van der Waals surface area contributed by atoms with Gasteiger partial charge < -0.3 is 4.74 Å². The molecule has 1 aliphatic rings. The Balaban J connectivity index is 2.02. The number of ether oxygens (including phenoxy) is 1. The van der Waals surface area contributed by atoms with Crippen molar-refractivity contribution in [2.24, 2.45) is 0 Å². The Bertz CT molecular complexity index is 74.8. The standard InChI is InChI=1S/C9H17O/c1-10-8-7-9-5-3-2-4-6-9/h2-8H2,1H3. The molecule has 0 heterocycles. The lowest BCUT2D eigenvalue weighted by Crippen LogP contribution is -2.06. The molecule has 1 nitrogen and oxygen atoms in total. The van der Waals surface area contributed by atoms with Crippen LogP contribution >= 0.6 is 0 Å². The van der Waals surface area contributed by atoms with E-state index in [1.54, 1.807) is 13.0 Å². The SMILES string of the molecule is COCC[C]1CCCCC1. The van der Waals surface area contributed by atoms with E-state index in [1.807, 2.05) is 0 Å². The maximum Gasteiger partial charge on any atom is 0.0467 e. The molecule has 10 heavy (non-hydrogen) atoms. The van der Waals surface area contributed by atoms with E-state index in [1.165, 1.54) is 38.5 Å². The minimum Gasteiger partial charge on any atom is -0.385 e. The Morgan fingerprint density at radius 3 is 2.50 bits per heavy atom. The molecule has 0 aromatic rings. The van der Waals surface area contributed by atoms with E-state index in [2.05, 4.69) is 0 Å². The highest BCUT2D eigenvalue weighted by Gasteiger charge is 2.12. The van der Waals surface area contributed by atoms with Gasteiger partial charge in [-0.05, 0) is 25.2 Å². The zero-order chi connectivity index (χ0) is 7.23. The van der Waals surface area contributed by atoms with E-state index in [9.17, 15) is 0 Å². The van der Waals surface area contributed by atoms with Crippen molar-refractivity contribution in [1.29, 1.82) is 0 Å². The monoisotopic (exact) mass is 141 g/mol. The molecule has 0 aromatic heterocycles. The van der Waals surface area contributed by atoms with Crippen LogP contribution in [0.4, 0.5) is 0 Å². The zero-order valence-corrected chi connectivity index (χ0v) is 6.86. The van der Waals surface area contributed by atoms with Gasteiger partial charge in [0.05, 0.1) is 0 Å². The van der Waals surface area contributed by atoms with Gasteiger partial charge in [0.1, 0.15) is 0 Å². The van der Waals surface area contributed by atoms with Crippen LogP contribution in [0.5, 0.6) is 0 Å². The first-order valence-electron chi connectivity index (χ1n) is 4.26. The lowest BCUT2D eigenvalue weighted by Gasteiger charge is -2.19. The van der Waals surface area contributed by atoms with Crippen molar-refractivity contribution in [3.63, 3.8) is 0 Å². The van der Waals surface area contributed by atoms with Crippen molar-refractivity contribution >= 4 is 0 Å². The van der Waals surface area contributed by atoms with Crippen LogP contribution in [0.25, 0.3) is 0 Å². The van der Waals surface area contributed by atoms with E-state index in [-0.39, 0.29) is 0 Å². The average molecular weight is 141 g/mol. The van der Waals surface area contributed by atoms with E-state index in [4.69, 9.17) is 4.74 Å². The quantitative estimate of drug-likeness (QED) is 0.587. The molecule has 0 atom stereocenters. The minimum absolute atomic E-state index is 0.926. The zero-order valence-electron chi connectivity index (χ0n) is 6.86. The Hall–Kier alpha value is -0.0400. The van der Waals surface area contributed by atoms with Gasteiger partial charge in [0.2, 0.25) is 0 Å². The Labute approximate surface area is 63.8 Å². The van der Waals surface area contributed by atoms with Gasteiger partial charge in [-0.15, -0.1) is 0 Å². The van der Waals surface area contributed by atoms with E-state index in [0.29, 0.717) is 0 Å². The number of rotatable bonds is 3. The Morgan fingerprint density at radius 2 is 1.90 bits per heavy atom. The molecular formula is C9H17O. The molecule has 0 amide bonds. The highest BCUT2D eigenvalue weighted by atomic mass is 16.5. The molecule has 0 aromatic carbocycles. The number of methoxy groups -OCH3 is 1. The Morgan fingerprint density at radius 1 is 1.20 bits per heavy atom. The van der Waals surface area contributed by atoms with Crippen molar-refractivity contribution < 1.29 is 4.74 Å². The first-order valence-corrected chi connectivity index (χ1v) is 4.26. The van der Waals surface area contributed by atoms with Gasteiger partial charge >= 0.3 is 0 Å². The van der Waals surface area contributed by atoms with Crippen LogP contribution in [0.3, 0.4) is 0 Å². The largest absolute Gasteiger partial charge is 0.385 e. The molecule has 1 radical (unpaired) electrons. The summed E-state index contributed by atoms with van der Waals surface area (Å²) in [6.07, 6.45) is 8.21. The van der Waals surface area contributed by atoms with E-state index in [0.717, 1.165) is 6.61 Å². The predicted molar refractivity (Wildman–Crippen MR) is 42.8 cm³/mol. The van der Waals surface area contributed by atoms with Gasteiger partial charge in [0.25, 0.3) is 0 Å². The smallest absolute Gasteiger partial charge is 0.0467 e. The van der Waals surface area contributed by atoms with Gasteiger partial charge in [-0.25, -0.2) is 0 Å². The van der Waals surface area contributed by atoms with Gasteiger partial charge in [-0.1, -0.05) is 19.3 Å². The van der Waals surface area contributed by atoms with Crippen LogP contribution in [-0.4, -0.2) is 13.7 Å². The third-order valence-corrected chi connectivity index (χ3v) is 2.22. The second-order valence-electron chi connectivity index (χ2n) is 3.05. The van der Waals surface area contributed by atoms with Crippen molar-refractivity contribution in [2.45, 2.75) is 38.5 Å². The van der Waals surface area contributed by atoms with Crippen molar-refractivity contribution in [3.8, 4) is 0 Å². The maximum atomic E-state index is 5.02. The summed E-state index contributed by atoms with van der Waals surface area (Å²) in [4.78, 5) is 0.